The van der Waals surface area contributed by atoms with Gasteiger partial charge < -0.3 is 4.74 Å². The molecule has 0 aliphatic rings. The van der Waals surface area contributed by atoms with E-state index in [2.05, 4.69) is 57.9 Å². The molecular formula is C23H14Br3ClN4O4. The van der Waals surface area contributed by atoms with Crippen LogP contribution in [0.5, 0.6) is 5.75 Å². The Balaban J connectivity index is 1.78. The van der Waals surface area contributed by atoms with Gasteiger partial charge in [0.15, 0.2) is 0 Å². The number of halogens is 4. The van der Waals surface area contributed by atoms with Crippen molar-refractivity contribution in [2.24, 2.45) is 5.10 Å². The van der Waals surface area contributed by atoms with E-state index in [1.807, 2.05) is 18.2 Å². The van der Waals surface area contributed by atoms with Crippen molar-refractivity contribution in [2.75, 3.05) is 0 Å². The van der Waals surface area contributed by atoms with E-state index in [1.54, 1.807) is 25.1 Å². The number of fused-ring (bicyclic) bond motifs is 1. The van der Waals surface area contributed by atoms with Crippen molar-refractivity contribution in [3.05, 3.63) is 104 Å². The van der Waals surface area contributed by atoms with Crippen LogP contribution in [0.3, 0.4) is 0 Å². The predicted octanol–water partition coefficient (Wildman–Crippen LogP) is 7.02. The first-order valence-electron chi connectivity index (χ1n) is 9.92. The first-order valence-corrected chi connectivity index (χ1v) is 12.7. The van der Waals surface area contributed by atoms with Gasteiger partial charge in [0.2, 0.25) is 5.75 Å². The topological polar surface area (TPSA) is 99.6 Å². The quantitative estimate of drug-likeness (QED) is 0.124. The van der Waals surface area contributed by atoms with Crippen molar-refractivity contribution < 1.29 is 9.66 Å². The normalized spacial score (nSPS) is 11.3. The molecule has 0 fully saturated rings. The average Bonchev–Trinajstić information content (AvgIpc) is 2.79. The zero-order chi connectivity index (χ0) is 25.3. The molecule has 0 amide bonds. The minimum Gasteiger partial charge on any atom is -0.481 e. The summed E-state index contributed by atoms with van der Waals surface area (Å²) in [5.41, 5.74) is 0.832. The van der Waals surface area contributed by atoms with Crippen LogP contribution in [0.4, 0.5) is 5.69 Å². The molecular weight excluding hydrogens is 671 g/mol. The SMILES string of the molecule is Cc1nc2ccc(Br)cc2c(=O)n1N=Cc1cc(Cl)cc([N+](=O)[O-])c1OCc1ccc(Br)cc1Br. The Hall–Kier alpha value is -2.60. The van der Waals surface area contributed by atoms with Crippen molar-refractivity contribution >= 4 is 82.2 Å². The van der Waals surface area contributed by atoms with Crippen LogP contribution < -0.4 is 10.3 Å². The highest BCUT2D eigenvalue weighted by atomic mass is 79.9. The Kier molecular flexibility index (Phi) is 7.70. The molecule has 0 saturated carbocycles. The molecule has 35 heavy (non-hydrogen) atoms. The predicted molar refractivity (Wildman–Crippen MR) is 146 cm³/mol. The van der Waals surface area contributed by atoms with E-state index in [4.69, 9.17) is 16.3 Å². The fourth-order valence-corrected chi connectivity index (χ4v) is 5.04. The van der Waals surface area contributed by atoms with Gasteiger partial charge in [-0.2, -0.15) is 9.78 Å². The maximum absolute atomic E-state index is 13.0. The number of aromatic nitrogens is 2. The lowest BCUT2D eigenvalue weighted by atomic mass is 10.2. The fourth-order valence-electron chi connectivity index (χ4n) is 3.29. The Morgan fingerprint density at radius 3 is 2.57 bits per heavy atom. The summed E-state index contributed by atoms with van der Waals surface area (Å²) in [6.07, 6.45) is 1.30. The zero-order valence-corrected chi connectivity index (χ0v) is 23.4. The Morgan fingerprint density at radius 1 is 1.14 bits per heavy atom. The van der Waals surface area contributed by atoms with E-state index >= 15 is 0 Å². The van der Waals surface area contributed by atoms with Crippen molar-refractivity contribution in [1.29, 1.82) is 0 Å². The van der Waals surface area contributed by atoms with Crippen LogP contribution in [-0.2, 0) is 6.61 Å². The molecule has 0 spiro atoms. The van der Waals surface area contributed by atoms with Crippen LogP contribution in [-0.4, -0.2) is 20.8 Å². The van der Waals surface area contributed by atoms with Gasteiger partial charge in [0.05, 0.1) is 22.0 Å². The second-order valence-corrected chi connectivity index (χ2v) is 10.4. The van der Waals surface area contributed by atoms with E-state index in [9.17, 15) is 14.9 Å². The number of nitro benzene ring substituents is 1. The molecule has 8 nitrogen and oxygen atoms in total. The van der Waals surface area contributed by atoms with E-state index < -0.39 is 4.92 Å². The summed E-state index contributed by atoms with van der Waals surface area (Å²) >= 11 is 16.3. The number of ether oxygens (including phenoxy) is 1. The number of aryl methyl sites for hydroxylation is 1. The number of hydrogen-bond donors (Lipinski definition) is 0. The molecule has 0 aliphatic heterocycles. The highest BCUT2D eigenvalue weighted by Crippen LogP contribution is 2.35. The van der Waals surface area contributed by atoms with E-state index in [0.29, 0.717) is 16.7 Å². The van der Waals surface area contributed by atoms with Gasteiger partial charge >= 0.3 is 5.69 Å². The lowest BCUT2D eigenvalue weighted by molar-refractivity contribution is -0.385. The molecule has 178 valence electrons. The number of rotatable bonds is 6. The van der Waals surface area contributed by atoms with Gasteiger partial charge in [-0.05, 0) is 43.3 Å². The van der Waals surface area contributed by atoms with Crippen LogP contribution in [0, 0.1) is 17.0 Å². The Morgan fingerprint density at radius 2 is 1.86 bits per heavy atom. The maximum Gasteiger partial charge on any atom is 0.313 e. The molecule has 0 radical (unpaired) electrons. The van der Waals surface area contributed by atoms with E-state index in [0.717, 1.165) is 23.7 Å². The molecule has 4 aromatic rings. The molecule has 12 heteroatoms. The molecule has 0 bridgehead atoms. The number of hydrogen-bond acceptors (Lipinski definition) is 6. The summed E-state index contributed by atoms with van der Waals surface area (Å²) in [6.45, 7) is 1.69. The molecule has 0 aliphatic carbocycles. The van der Waals surface area contributed by atoms with Gasteiger partial charge in [-0.25, -0.2) is 4.98 Å². The fraction of sp³-hybridized carbons (Fsp3) is 0.0870. The first kappa shape index (κ1) is 25.5. The van der Waals surface area contributed by atoms with Crippen molar-refractivity contribution in [1.82, 2.24) is 9.66 Å². The highest BCUT2D eigenvalue weighted by Gasteiger charge is 2.21. The van der Waals surface area contributed by atoms with Gasteiger partial charge in [-0.3, -0.25) is 14.9 Å². The monoisotopic (exact) mass is 682 g/mol. The third-order valence-corrected chi connectivity index (χ3v) is 6.87. The second kappa shape index (κ2) is 10.6. The van der Waals surface area contributed by atoms with Gasteiger partial charge in [-0.15, -0.1) is 0 Å². The van der Waals surface area contributed by atoms with Crippen molar-refractivity contribution in [3.8, 4) is 5.75 Å². The number of nitrogens with zero attached hydrogens (tertiary/aromatic N) is 4. The van der Waals surface area contributed by atoms with Crippen LogP contribution in [0.2, 0.25) is 5.02 Å². The van der Waals surface area contributed by atoms with Crippen LogP contribution in [0.1, 0.15) is 17.0 Å². The van der Waals surface area contributed by atoms with Crippen molar-refractivity contribution in [3.63, 3.8) is 0 Å². The number of benzene rings is 3. The van der Waals surface area contributed by atoms with Gasteiger partial charge in [0.25, 0.3) is 5.56 Å². The summed E-state index contributed by atoms with van der Waals surface area (Å²) in [4.78, 5) is 28.6. The van der Waals surface area contributed by atoms with Gasteiger partial charge in [0, 0.05) is 35.6 Å². The minimum atomic E-state index is -0.582. The standard InChI is InChI=1S/C23H14Br3ClN4O4/c1-12-29-20-5-4-15(24)7-18(20)23(32)30(12)28-10-14-6-17(27)9-21(31(33)34)22(14)35-11-13-2-3-16(25)8-19(13)26/h2-10H,11H2,1H3. The molecule has 0 N–H and O–H groups in total. The van der Waals surface area contributed by atoms with E-state index in [1.165, 1.54) is 18.3 Å². The number of nitro groups is 1. The third-order valence-electron chi connectivity index (χ3n) is 4.93. The summed E-state index contributed by atoms with van der Waals surface area (Å²) in [7, 11) is 0. The van der Waals surface area contributed by atoms with Gasteiger partial charge in [-0.1, -0.05) is 65.5 Å². The molecule has 4 rings (SSSR count). The smallest absolute Gasteiger partial charge is 0.313 e. The zero-order valence-electron chi connectivity index (χ0n) is 17.8. The highest BCUT2D eigenvalue weighted by molar-refractivity contribution is 9.11. The molecule has 0 unspecified atom stereocenters. The summed E-state index contributed by atoms with van der Waals surface area (Å²) in [6, 6.07) is 13.4. The van der Waals surface area contributed by atoms with Crippen LogP contribution >= 0.6 is 59.4 Å². The molecule has 0 atom stereocenters. The molecule has 1 heterocycles. The minimum absolute atomic E-state index is 0.0276. The lowest BCUT2D eigenvalue weighted by Crippen LogP contribution is -2.20. The average molecular weight is 686 g/mol. The third kappa shape index (κ3) is 5.64. The molecule has 3 aromatic carbocycles. The Labute approximate surface area is 229 Å². The molecule has 1 aromatic heterocycles. The maximum atomic E-state index is 13.0. The second-order valence-electron chi connectivity index (χ2n) is 7.31. The Bertz CT molecular complexity index is 1570. The molecule has 0 saturated heterocycles. The summed E-state index contributed by atoms with van der Waals surface area (Å²) in [5.74, 6) is 0.319. The summed E-state index contributed by atoms with van der Waals surface area (Å²) < 4.78 is 9.37. The van der Waals surface area contributed by atoms with Crippen LogP contribution in [0.25, 0.3) is 10.9 Å². The summed E-state index contributed by atoms with van der Waals surface area (Å²) in [5, 5.41) is 16.5. The first-order chi connectivity index (χ1) is 16.6. The van der Waals surface area contributed by atoms with E-state index in [-0.39, 0.29) is 34.2 Å². The van der Waals surface area contributed by atoms with Crippen molar-refractivity contribution in [2.45, 2.75) is 13.5 Å². The largest absolute Gasteiger partial charge is 0.481 e. The van der Waals surface area contributed by atoms with Crippen LogP contribution in [0.15, 0.2) is 71.8 Å². The lowest BCUT2D eigenvalue weighted by Gasteiger charge is -2.12. The van der Waals surface area contributed by atoms with Gasteiger partial charge in [0.1, 0.15) is 12.4 Å².